The van der Waals surface area contributed by atoms with E-state index in [1.807, 2.05) is 26.8 Å². The fourth-order valence-corrected chi connectivity index (χ4v) is 4.40. The van der Waals surface area contributed by atoms with Crippen LogP contribution in [0.5, 0.6) is 0 Å². The van der Waals surface area contributed by atoms with Gasteiger partial charge in [-0.15, -0.1) is 0 Å². The number of nitrogens with one attached hydrogen (secondary N) is 3. The van der Waals surface area contributed by atoms with Gasteiger partial charge in [-0.2, -0.15) is 5.10 Å². The van der Waals surface area contributed by atoms with E-state index in [9.17, 15) is 14.4 Å². The average molecular weight is 512 g/mol. The Balaban J connectivity index is 1.58. The van der Waals surface area contributed by atoms with E-state index >= 15 is 0 Å². The van der Waals surface area contributed by atoms with Gasteiger partial charge in [0.2, 0.25) is 0 Å². The highest BCUT2D eigenvalue weighted by atomic mass is 35.5. The lowest BCUT2D eigenvalue weighted by molar-refractivity contribution is -0.117. The van der Waals surface area contributed by atoms with Crippen molar-refractivity contribution in [2.45, 2.75) is 64.1 Å². The number of likely N-dealkylation sites (tertiary alicyclic amines) is 1. The molecule has 34 heavy (non-hydrogen) atoms. The summed E-state index contributed by atoms with van der Waals surface area (Å²) >= 11 is 12.5. The molecule has 0 aromatic heterocycles. The van der Waals surface area contributed by atoms with Crippen LogP contribution in [0.4, 0.5) is 4.79 Å². The van der Waals surface area contributed by atoms with E-state index in [0.717, 1.165) is 0 Å². The van der Waals surface area contributed by atoms with Gasteiger partial charge in [0.25, 0.3) is 11.8 Å². The van der Waals surface area contributed by atoms with E-state index in [2.05, 4.69) is 21.2 Å². The third-order valence-corrected chi connectivity index (χ3v) is 6.15. The van der Waals surface area contributed by atoms with E-state index in [1.165, 1.54) is 0 Å². The van der Waals surface area contributed by atoms with E-state index in [4.69, 9.17) is 27.9 Å². The summed E-state index contributed by atoms with van der Waals surface area (Å²) in [6, 6.07) is -0.710. The third kappa shape index (κ3) is 6.99. The molecule has 0 bridgehead atoms. The Kier molecular flexibility index (Phi) is 8.65. The van der Waals surface area contributed by atoms with Crippen molar-refractivity contribution in [2.24, 2.45) is 5.10 Å². The van der Waals surface area contributed by atoms with Crippen LogP contribution < -0.4 is 16.1 Å². The summed E-state index contributed by atoms with van der Waals surface area (Å²) in [5, 5.41) is 10.5. The second kappa shape index (κ2) is 11.3. The number of hydrogen-bond donors (Lipinski definition) is 3. The third-order valence-electron chi connectivity index (χ3n) is 5.50. The van der Waals surface area contributed by atoms with Crippen LogP contribution >= 0.6 is 23.2 Å². The fourth-order valence-electron chi connectivity index (χ4n) is 3.80. The van der Waals surface area contributed by atoms with Gasteiger partial charge in [0.05, 0.1) is 21.7 Å². The second-order valence-electron chi connectivity index (χ2n) is 9.35. The van der Waals surface area contributed by atoms with Crippen molar-refractivity contribution >= 4 is 46.8 Å². The first-order chi connectivity index (χ1) is 16.0. The lowest BCUT2D eigenvalue weighted by atomic mass is 10.0. The number of carbonyl (C=O) groups is 3. The van der Waals surface area contributed by atoms with Gasteiger partial charge >= 0.3 is 6.09 Å². The van der Waals surface area contributed by atoms with Gasteiger partial charge in [-0.3, -0.25) is 9.59 Å². The highest BCUT2D eigenvalue weighted by Crippen LogP contribution is 2.26. The Bertz CT molecular complexity index is 943. The highest BCUT2D eigenvalue weighted by Gasteiger charge is 2.32. The zero-order valence-electron chi connectivity index (χ0n) is 19.6. The van der Waals surface area contributed by atoms with Crippen LogP contribution in [0.15, 0.2) is 39.0 Å². The molecule has 186 valence electrons. The predicted octanol–water partition coefficient (Wildman–Crippen LogP) is 2.91. The topological polar surface area (TPSA) is 112 Å². The highest BCUT2D eigenvalue weighted by molar-refractivity contribution is 6.42. The Morgan fingerprint density at radius 1 is 1.12 bits per heavy atom. The molecule has 1 unspecified atom stereocenters. The molecule has 0 aromatic rings. The lowest BCUT2D eigenvalue weighted by Crippen LogP contribution is -2.55. The van der Waals surface area contributed by atoms with Gasteiger partial charge in [-0.05, 0) is 52.5 Å². The monoisotopic (exact) mass is 511 g/mol. The molecule has 3 amide bonds. The van der Waals surface area contributed by atoms with Gasteiger partial charge in [-0.25, -0.2) is 4.79 Å². The van der Waals surface area contributed by atoms with Crippen molar-refractivity contribution in [3.8, 4) is 0 Å². The summed E-state index contributed by atoms with van der Waals surface area (Å²) in [5.74, 6) is -0.827. The Morgan fingerprint density at radius 2 is 1.82 bits per heavy atom. The molecule has 0 saturated carbocycles. The molecule has 3 rings (SSSR count). The Morgan fingerprint density at radius 3 is 2.50 bits per heavy atom. The number of amides is 3. The molecule has 3 N–H and O–H groups in total. The minimum atomic E-state index is -0.593. The number of rotatable bonds is 4. The number of hydrogen-bond acceptors (Lipinski definition) is 6. The van der Waals surface area contributed by atoms with Gasteiger partial charge < -0.3 is 25.7 Å². The number of ether oxygens (including phenoxy) is 1. The van der Waals surface area contributed by atoms with Gasteiger partial charge in [0.1, 0.15) is 11.3 Å². The molecule has 1 atom stereocenters. The van der Waals surface area contributed by atoms with E-state index < -0.39 is 17.6 Å². The van der Waals surface area contributed by atoms with Crippen LogP contribution in [0.2, 0.25) is 0 Å². The number of hydrazone groups is 1. The smallest absolute Gasteiger partial charge is 0.410 e. The largest absolute Gasteiger partial charge is 0.444 e. The van der Waals surface area contributed by atoms with Crippen molar-refractivity contribution in [1.29, 1.82) is 0 Å². The van der Waals surface area contributed by atoms with Crippen molar-refractivity contribution in [3.63, 3.8) is 0 Å². The molecule has 0 aromatic carbocycles. The fraction of sp³-hybridized carbons (Fsp3) is 0.565. The van der Waals surface area contributed by atoms with Crippen LogP contribution in [0.1, 0.15) is 46.5 Å². The zero-order valence-corrected chi connectivity index (χ0v) is 21.1. The van der Waals surface area contributed by atoms with E-state index in [-0.39, 0.29) is 39.4 Å². The molecule has 3 aliphatic rings. The summed E-state index contributed by atoms with van der Waals surface area (Å²) < 4.78 is 5.41. The maximum Gasteiger partial charge on any atom is 0.410 e. The first-order valence-corrected chi connectivity index (χ1v) is 12.1. The minimum Gasteiger partial charge on any atom is -0.444 e. The summed E-state index contributed by atoms with van der Waals surface area (Å²) in [5.41, 5.74) is 2.63. The standard InChI is InChI=1S/C23H31Cl2N5O4/c1-23(2,3)34-22(33)30-12-9-14(10-13-30)27-21(32)19-17(8-11-26-29-19)28-20(31)18-15(24)6-4-5-7-16(18)25/h4,6-7,14,17,26H,5,8-13H2,1-3H3,(H,27,32)(H,28,31). The van der Waals surface area contributed by atoms with Gasteiger partial charge in [0.15, 0.2) is 0 Å². The zero-order chi connectivity index (χ0) is 24.9. The molecule has 9 nitrogen and oxygen atoms in total. The normalized spacial score (nSPS) is 21.7. The molecule has 2 aliphatic heterocycles. The van der Waals surface area contributed by atoms with E-state index in [0.29, 0.717) is 45.3 Å². The number of carbonyl (C=O) groups excluding carboxylic acids is 3. The molecule has 11 heteroatoms. The molecule has 1 saturated heterocycles. The maximum absolute atomic E-state index is 13.0. The Labute approximate surface area is 209 Å². The van der Waals surface area contributed by atoms with Crippen LogP contribution in [0.25, 0.3) is 0 Å². The number of allylic oxidation sites excluding steroid dienone is 4. The number of piperidine rings is 1. The molecular weight excluding hydrogens is 481 g/mol. The van der Waals surface area contributed by atoms with Crippen LogP contribution in [-0.2, 0) is 14.3 Å². The molecular formula is C23H31Cl2N5O4. The lowest BCUT2D eigenvalue weighted by Gasteiger charge is -2.34. The first-order valence-electron chi connectivity index (χ1n) is 11.4. The Hall–Kier alpha value is -2.52. The van der Waals surface area contributed by atoms with Crippen molar-refractivity contribution in [3.05, 3.63) is 33.9 Å². The number of nitrogens with zero attached hydrogens (tertiary/aromatic N) is 2. The van der Waals surface area contributed by atoms with E-state index in [1.54, 1.807) is 17.1 Å². The maximum atomic E-state index is 13.0. The second-order valence-corrected chi connectivity index (χ2v) is 10.2. The SMILES string of the molecule is CC(C)(C)OC(=O)N1CCC(NC(=O)C2=NNCCC2NC(=O)C2=C(Cl)C=CCC=C2Cl)CC1. The molecule has 0 radical (unpaired) electrons. The van der Waals surface area contributed by atoms with Gasteiger partial charge in [-0.1, -0.05) is 35.4 Å². The summed E-state index contributed by atoms with van der Waals surface area (Å²) in [4.78, 5) is 39.8. The van der Waals surface area contributed by atoms with Crippen molar-refractivity contribution in [2.75, 3.05) is 19.6 Å². The average Bonchev–Trinajstić information content (AvgIpc) is 2.93. The molecule has 0 spiro atoms. The molecule has 1 fully saturated rings. The van der Waals surface area contributed by atoms with Crippen molar-refractivity contribution in [1.82, 2.24) is 21.0 Å². The summed E-state index contributed by atoms with van der Waals surface area (Å²) in [6.45, 7) is 6.95. The quantitative estimate of drug-likeness (QED) is 0.537. The van der Waals surface area contributed by atoms with Gasteiger partial charge in [0, 0.05) is 25.7 Å². The summed E-state index contributed by atoms with van der Waals surface area (Å²) in [7, 11) is 0. The first kappa shape index (κ1) is 26.1. The molecule has 2 heterocycles. The molecule has 1 aliphatic carbocycles. The van der Waals surface area contributed by atoms with Crippen molar-refractivity contribution < 1.29 is 19.1 Å². The number of halogens is 2. The van der Waals surface area contributed by atoms with Crippen LogP contribution in [0.3, 0.4) is 0 Å². The van der Waals surface area contributed by atoms with Crippen LogP contribution in [0, 0.1) is 0 Å². The van der Waals surface area contributed by atoms with Crippen LogP contribution in [-0.4, -0.2) is 65.8 Å². The minimum absolute atomic E-state index is 0.117. The predicted molar refractivity (Wildman–Crippen MR) is 132 cm³/mol. The summed E-state index contributed by atoms with van der Waals surface area (Å²) in [6.07, 6.45) is 7.04.